The first kappa shape index (κ1) is 27.3. The third-order valence-electron chi connectivity index (χ3n) is 5.73. The highest BCUT2D eigenvalue weighted by Crippen LogP contribution is 2.50. The standard InChI is InChI=1S/C23H32O9/c1-7-23(5)10-17(32-22(29)16(12-25)8-9-31-15(4)26)18(14(3)21(28)30-6)20(27)19(23)13(2)11-24/h7-8,17-20,24-25,27H,1-3,9-12H2,4-6H3/b16-8-/t17-,18+,19+,20-,23+/m0/s1. The lowest BCUT2D eigenvalue weighted by Crippen LogP contribution is -2.54. The number of carbonyl (C=O) groups is 3. The Morgan fingerprint density at radius 1 is 1.16 bits per heavy atom. The summed E-state index contributed by atoms with van der Waals surface area (Å²) >= 11 is 0. The molecule has 32 heavy (non-hydrogen) atoms. The van der Waals surface area contributed by atoms with Crippen LogP contribution in [-0.2, 0) is 28.6 Å². The number of rotatable bonds is 10. The fraction of sp³-hybridized carbons (Fsp3) is 0.522. The quantitative estimate of drug-likeness (QED) is 0.190. The Bertz CT molecular complexity index is 797. The largest absolute Gasteiger partial charge is 0.466 e. The van der Waals surface area contributed by atoms with Gasteiger partial charge in [0.25, 0.3) is 0 Å². The van der Waals surface area contributed by atoms with Gasteiger partial charge in [0, 0.05) is 18.4 Å². The van der Waals surface area contributed by atoms with Crippen molar-refractivity contribution in [3.8, 4) is 0 Å². The Morgan fingerprint density at radius 3 is 2.25 bits per heavy atom. The summed E-state index contributed by atoms with van der Waals surface area (Å²) in [5, 5.41) is 30.4. The highest BCUT2D eigenvalue weighted by molar-refractivity contribution is 5.90. The maximum atomic E-state index is 12.7. The topological polar surface area (TPSA) is 140 Å². The summed E-state index contributed by atoms with van der Waals surface area (Å²) in [5.74, 6) is -4.04. The average Bonchev–Trinajstić information content (AvgIpc) is 2.75. The van der Waals surface area contributed by atoms with Gasteiger partial charge in [-0.1, -0.05) is 26.2 Å². The van der Waals surface area contributed by atoms with Crippen LogP contribution in [0.2, 0.25) is 0 Å². The molecule has 0 aromatic carbocycles. The molecule has 0 radical (unpaired) electrons. The van der Waals surface area contributed by atoms with Crippen LogP contribution in [0.25, 0.3) is 0 Å². The number of allylic oxidation sites excluding steroid dienone is 1. The van der Waals surface area contributed by atoms with Crippen molar-refractivity contribution in [2.75, 3.05) is 26.9 Å². The third-order valence-corrected chi connectivity index (χ3v) is 5.73. The van der Waals surface area contributed by atoms with E-state index < -0.39 is 60.6 Å². The zero-order valence-corrected chi connectivity index (χ0v) is 18.7. The maximum Gasteiger partial charge on any atom is 0.336 e. The van der Waals surface area contributed by atoms with E-state index in [0.29, 0.717) is 5.57 Å². The number of aliphatic hydroxyl groups excluding tert-OH is 3. The van der Waals surface area contributed by atoms with Gasteiger partial charge in [-0.2, -0.15) is 0 Å². The highest BCUT2D eigenvalue weighted by atomic mass is 16.6. The van der Waals surface area contributed by atoms with Gasteiger partial charge in [0.15, 0.2) is 0 Å². The molecule has 178 valence electrons. The molecule has 1 aliphatic carbocycles. The summed E-state index contributed by atoms with van der Waals surface area (Å²) in [7, 11) is 1.16. The maximum absolute atomic E-state index is 12.7. The monoisotopic (exact) mass is 452 g/mol. The minimum Gasteiger partial charge on any atom is -0.466 e. The summed E-state index contributed by atoms with van der Waals surface area (Å²) in [6.07, 6.45) is 0.545. The molecule has 0 unspecified atom stereocenters. The van der Waals surface area contributed by atoms with Gasteiger partial charge in [0.2, 0.25) is 0 Å². The van der Waals surface area contributed by atoms with Crippen LogP contribution in [0.15, 0.2) is 48.6 Å². The predicted molar refractivity (Wildman–Crippen MR) is 115 cm³/mol. The van der Waals surface area contributed by atoms with E-state index in [1.165, 1.54) is 13.0 Å². The van der Waals surface area contributed by atoms with Gasteiger partial charge < -0.3 is 29.5 Å². The number of ether oxygens (including phenoxy) is 3. The minimum atomic E-state index is -1.31. The van der Waals surface area contributed by atoms with Crippen LogP contribution in [0.3, 0.4) is 0 Å². The summed E-state index contributed by atoms with van der Waals surface area (Å²) < 4.78 is 15.1. The van der Waals surface area contributed by atoms with Crippen molar-refractivity contribution in [2.24, 2.45) is 17.3 Å². The van der Waals surface area contributed by atoms with E-state index in [4.69, 9.17) is 14.2 Å². The second kappa shape index (κ2) is 11.8. The lowest BCUT2D eigenvalue weighted by molar-refractivity contribution is -0.161. The van der Waals surface area contributed by atoms with E-state index in [-0.39, 0.29) is 24.2 Å². The van der Waals surface area contributed by atoms with Gasteiger partial charge in [-0.05, 0) is 23.5 Å². The number of methoxy groups -OCH3 is 1. The molecule has 5 atom stereocenters. The van der Waals surface area contributed by atoms with Crippen molar-refractivity contribution in [3.05, 3.63) is 48.6 Å². The van der Waals surface area contributed by atoms with Crippen molar-refractivity contribution in [2.45, 2.75) is 32.5 Å². The van der Waals surface area contributed by atoms with E-state index in [1.54, 1.807) is 13.0 Å². The third kappa shape index (κ3) is 6.15. The molecule has 1 saturated carbocycles. The van der Waals surface area contributed by atoms with Gasteiger partial charge in [0.05, 0.1) is 37.9 Å². The molecular weight excluding hydrogens is 420 g/mol. The smallest absolute Gasteiger partial charge is 0.336 e. The van der Waals surface area contributed by atoms with Gasteiger partial charge in [-0.3, -0.25) is 4.79 Å². The fourth-order valence-corrected chi connectivity index (χ4v) is 4.02. The van der Waals surface area contributed by atoms with E-state index in [0.717, 1.165) is 7.11 Å². The van der Waals surface area contributed by atoms with Crippen molar-refractivity contribution >= 4 is 17.9 Å². The lowest BCUT2D eigenvalue weighted by Gasteiger charge is -2.50. The average molecular weight is 453 g/mol. The molecular formula is C23H32O9. The van der Waals surface area contributed by atoms with Crippen LogP contribution in [0.1, 0.15) is 20.3 Å². The van der Waals surface area contributed by atoms with Gasteiger partial charge in [0.1, 0.15) is 12.7 Å². The number of aliphatic hydroxyl groups is 3. The second-order valence-electron chi connectivity index (χ2n) is 7.88. The van der Waals surface area contributed by atoms with E-state index in [2.05, 4.69) is 19.7 Å². The number of esters is 3. The molecule has 0 aliphatic heterocycles. The van der Waals surface area contributed by atoms with Crippen molar-refractivity contribution in [1.29, 1.82) is 0 Å². The van der Waals surface area contributed by atoms with Crippen LogP contribution in [0.5, 0.6) is 0 Å². The molecule has 0 spiro atoms. The molecule has 1 rings (SSSR count). The van der Waals surface area contributed by atoms with Crippen LogP contribution >= 0.6 is 0 Å². The molecule has 0 amide bonds. The van der Waals surface area contributed by atoms with Crippen LogP contribution in [0.4, 0.5) is 0 Å². The van der Waals surface area contributed by atoms with Crippen molar-refractivity contribution in [1.82, 2.24) is 0 Å². The Morgan fingerprint density at radius 2 is 1.78 bits per heavy atom. The summed E-state index contributed by atoms with van der Waals surface area (Å²) in [6, 6.07) is 0. The molecule has 1 fully saturated rings. The summed E-state index contributed by atoms with van der Waals surface area (Å²) in [5.41, 5.74) is -0.804. The van der Waals surface area contributed by atoms with Gasteiger partial charge >= 0.3 is 17.9 Å². The molecule has 0 aromatic rings. The molecule has 9 nitrogen and oxygen atoms in total. The van der Waals surface area contributed by atoms with E-state index in [9.17, 15) is 29.7 Å². The van der Waals surface area contributed by atoms with E-state index >= 15 is 0 Å². The Hall–Kier alpha value is -2.75. The second-order valence-corrected chi connectivity index (χ2v) is 7.88. The zero-order chi connectivity index (χ0) is 24.6. The number of hydrogen-bond acceptors (Lipinski definition) is 9. The fourth-order valence-electron chi connectivity index (χ4n) is 4.02. The Kier molecular flexibility index (Phi) is 10.0. The van der Waals surface area contributed by atoms with Crippen molar-refractivity contribution in [3.63, 3.8) is 0 Å². The van der Waals surface area contributed by atoms with Crippen LogP contribution in [0, 0.1) is 17.3 Å². The van der Waals surface area contributed by atoms with Crippen LogP contribution < -0.4 is 0 Å². The highest BCUT2D eigenvalue weighted by Gasteiger charge is 2.53. The Labute approximate surface area is 187 Å². The first-order valence-electron chi connectivity index (χ1n) is 9.98. The number of carbonyl (C=O) groups excluding carboxylic acids is 3. The first-order chi connectivity index (χ1) is 15.0. The van der Waals surface area contributed by atoms with Crippen LogP contribution in [-0.4, -0.2) is 72.4 Å². The SMILES string of the molecule is C=C[C@]1(C)C[C@H](OC(=O)/C(=C\COC(C)=O)CO)[C@@H](C(=C)C(=O)OC)[C@H](O)[C@H]1C(=C)CO. The van der Waals surface area contributed by atoms with E-state index in [1.807, 2.05) is 0 Å². The normalized spacial score (nSPS) is 27.8. The van der Waals surface area contributed by atoms with Crippen molar-refractivity contribution < 1.29 is 43.9 Å². The Balaban J connectivity index is 3.35. The lowest BCUT2D eigenvalue weighted by atomic mass is 9.58. The molecule has 9 heteroatoms. The molecule has 0 bridgehead atoms. The molecule has 0 aromatic heterocycles. The number of hydrogen-bond donors (Lipinski definition) is 3. The first-order valence-corrected chi connectivity index (χ1v) is 9.98. The summed E-state index contributed by atoms with van der Waals surface area (Å²) in [4.78, 5) is 35.8. The molecule has 3 N–H and O–H groups in total. The molecule has 0 saturated heterocycles. The van der Waals surface area contributed by atoms with Gasteiger partial charge in [-0.25, -0.2) is 9.59 Å². The van der Waals surface area contributed by atoms with Gasteiger partial charge in [-0.15, -0.1) is 6.58 Å². The summed E-state index contributed by atoms with van der Waals surface area (Å²) in [6.45, 7) is 13.0. The predicted octanol–water partition coefficient (Wildman–Crippen LogP) is 0.847. The zero-order valence-electron chi connectivity index (χ0n) is 18.7. The minimum absolute atomic E-state index is 0.117. The molecule has 0 heterocycles. The molecule has 1 aliphatic rings.